The minimum absolute atomic E-state index is 0. The molecule has 0 aromatic carbocycles. The normalized spacial score (nSPS) is 10.7. The van der Waals surface area contributed by atoms with Gasteiger partial charge < -0.3 is 29.4 Å². The van der Waals surface area contributed by atoms with E-state index in [0.717, 1.165) is 0 Å². The van der Waals surface area contributed by atoms with Crippen molar-refractivity contribution in [3.8, 4) is 0 Å². The number of phosphoric acid groups is 2. The van der Waals surface area contributed by atoms with Crippen LogP contribution in [0.5, 0.6) is 0 Å². The van der Waals surface area contributed by atoms with E-state index in [9.17, 15) is 0 Å². The van der Waals surface area contributed by atoms with Crippen molar-refractivity contribution in [3.05, 3.63) is 0 Å². The van der Waals surface area contributed by atoms with Crippen LogP contribution in [0.1, 0.15) is 0 Å². The minimum Gasteiger partial charge on any atom is -0.303 e. The second-order valence-corrected chi connectivity index (χ2v) is 3.08. The maximum atomic E-state index is 8.88. The zero-order valence-electron chi connectivity index (χ0n) is 4.80. The van der Waals surface area contributed by atoms with Gasteiger partial charge in [0.1, 0.15) is 0 Å². The molecule has 11 heteroatoms. The number of hydrogen-bond acceptors (Lipinski definition) is 2. The van der Waals surface area contributed by atoms with Gasteiger partial charge in [-0.25, -0.2) is 9.13 Å². The van der Waals surface area contributed by atoms with Crippen molar-refractivity contribution in [3.63, 3.8) is 0 Å². The Hall–Kier alpha value is 0.908. The van der Waals surface area contributed by atoms with E-state index in [4.69, 9.17) is 38.5 Å². The molecular formula is H6O8P2W. The van der Waals surface area contributed by atoms with Crippen LogP contribution in [-0.2, 0) is 30.2 Å². The molecule has 8 nitrogen and oxygen atoms in total. The van der Waals surface area contributed by atoms with E-state index in [2.05, 4.69) is 0 Å². The molecule has 0 aliphatic rings. The van der Waals surface area contributed by atoms with E-state index in [1.54, 1.807) is 0 Å². The first kappa shape index (κ1) is 17.9. The second-order valence-electron chi connectivity index (χ2n) is 1.03. The van der Waals surface area contributed by atoms with Gasteiger partial charge >= 0.3 is 15.6 Å². The van der Waals surface area contributed by atoms with Crippen molar-refractivity contribution < 1.29 is 59.6 Å². The van der Waals surface area contributed by atoms with Gasteiger partial charge in [0.05, 0.1) is 0 Å². The largest absolute Gasteiger partial charge is 0.466 e. The van der Waals surface area contributed by atoms with E-state index >= 15 is 0 Å². The molecule has 0 radical (unpaired) electrons. The Labute approximate surface area is 75.6 Å². The molecule has 0 rings (SSSR count). The summed E-state index contributed by atoms with van der Waals surface area (Å²) in [6.07, 6.45) is 0. The van der Waals surface area contributed by atoms with Gasteiger partial charge in [0, 0.05) is 21.1 Å². The summed E-state index contributed by atoms with van der Waals surface area (Å²) in [6, 6.07) is 0. The maximum Gasteiger partial charge on any atom is 0.466 e. The molecule has 11 heavy (non-hydrogen) atoms. The molecule has 0 aromatic rings. The molecule has 0 unspecified atom stereocenters. The summed E-state index contributed by atoms with van der Waals surface area (Å²) < 4.78 is 17.8. The van der Waals surface area contributed by atoms with Crippen molar-refractivity contribution in [2.45, 2.75) is 0 Å². The van der Waals surface area contributed by atoms with Gasteiger partial charge in [-0.2, -0.15) is 0 Å². The smallest absolute Gasteiger partial charge is 0.303 e. The van der Waals surface area contributed by atoms with Gasteiger partial charge in [0.2, 0.25) is 0 Å². The van der Waals surface area contributed by atoms with Crippen LogP contribution in [0.25, 0.3) is 0 Å². The monoisotopic (exact) mass is 380 g/mol. The van der Waals surface area contributed by atoms with Crippen LogP contribution in [0.2, 0.25) is 0 Å². The molecule has 0 saturated heterocycles. The number of rotatable bonds is 0. The first-order valence-corrected chi connectivity index (χ1v) is 4.70. The van der Waals surface area contributed by atoms with Gasteiger partial charge in [-0.05, 0) is 0 Å². The predicted molar refractivity (Wildman–Crippen MR) is 28.5 cm³/mol. The summed E-state index contributed by atoms with van der Waals surface area (Å²) in [5.41, 5.74) is 0. The van der Waals surface area contributed by atoms with Gasteiger partial charge in [0.15, 0.2) is 0 Å². The van der Waals surface area contributed by atoms with Crippen molar-refractivity contribution in [1.29, 1.82) is 0 Å². The summed E-state index contributed by atoms with van der Waals surface area (Å²) in [6.45, 7) is 0. The molecule has 0 atom stereocenters. The van der Waals surface area contributed by atoms with E-state index < -0.39 is 15.6 Å². The quantitative estimate of drug-likeness (QED) is 0.268. The summed E-state index contributed by atoms with van der Waals surface area (Å²) in [5, 5.41) is 0. The topological polar surface area (TPSA) is 156 Å². The fourth-order valence-electron chi connectivity index (χ4n) is 0. The summed E-state index contributed by atoms with van der Waals surface area (Å²) >= 11 is 0. The third kappa shape index (κ3) is 1050. The van der Waals surface area contributed by atoms with E-state index in [1.165, 1.54) is 0 Å². The SMILES string of the molecule is O=P(O)(O)O.O=P(O)(O)O.[W]. The van der Waals surface area contributed by atoms with Gasteiger partial charge in [0.25, 0.3) is 0 Å². The molecule has 0 aromatic heterocycles. The Kier molecular flexibility index (Phi) is 10.4. The maximum absolute atomic E-state index is 8.88. The summed E-state index contributed by atoms with van der Waals surface area (Å²) in [4.78, 5) is 43.1. The van der Waals surface area contributed by atoms with Crippen molar-refractivity contribution in [2.75, 3.05) is 0 Å². The Morgan fingerprint density at radius 3 is 0.636 bits per heavy atom. The Balaban J connectivity index is -0.000000107. The molecule has 0 amide bonds. The molecular weight excluding hydrogens is 374 g/mol. The van der Waals surface area contributed by atoms with Crippen LogP contribution < -0.4 is 0 Å². The molecule has 0 aliphatic carbocycles. The molecule has 70 valence electrons. The Morgan fingerprint density at radius 2 is 0.636 bits per heavy atom. The fraction of sp³-hybridized carbons (Fsp3) is 0. The molecule has 0 aliphatic heterocycles. The fourth-order valence-corrected chi connectivity index (χ4v) is 0. The second kappa shape index (κ2) is 6.43. The van der Waals surface area contributed by atoms with E-state index in [1.807, 2.05) is 0 Å². The average molecular weight is 380 g/mol. The van der Waals surface area contributed by atoms with Crippen LogP contribution in [0.15, 0.2) is 0 Å². The van der Waals surface area contributed by atoms with Crippen molar-refractivity contribution in [2.24, 2.45) is 0 Å². The Bertz CT molecular complexity index is 124. The third-order valence-corrected chi connectivity index (χ3v) is 0. The zero-order valence-corrected chi connectivity index (χ0v) is 9.52. The van der Waals surface area contributed by atoms with E-state index in [0.29, 0.717) is 0 Å². The van der Waals surface area contributed by atoms with Crippen LogP contribution in [0.3, 0.4) is 0 Å². The molecule has 6 N–H and O–H groups in total. The standard InChI is InChI=1S/2H3O4P.W/c2*1-5(2,3)4;/h2*(H3,1,2,3,4);. The summed E-state index contributed by atoms with van der Waals surface area (Å²) in [7, 11) is -9.28. The summed E-state index contributed by atoms with van der Waals surface area (Å²) in [5.74, 6) is 0. The van der Waals surface area contributed by atoms with Gasteiger partial charge in [-0.1, -0.05) is 0 Å². The molecule has 0 spiro atoms. The zero-order chi connectivity index (χ0) is 9.00. The minimum atomic E-state index is -4.64. The van der Waals surface area contributed by atoms with Gasteiger partial charge in [-0.3, -0.25) is 0 Å². The van der Waals surface area contributed by atoms with Crippen LogP contribution in [-0.4, -0.2) is 29.4 Å². The average Bonchev–Trinajstić information content (AvgIpc) is 1.12. The molecule has 0 saturated carbocycles. The van der Waals surface area contributed by atoms with Crippen LogP contribution >= 0.6 is 15.6 Å². The molecule has 0 heterocycles. The Morgan fingerprint density at radius 1 is 0.636 bits per heavy atom. The van der Waals surface area contributed by atoms with Gasteiger partial charge in [-0.15, -0.1) is 0 Å². The van der Waals surface area contributed by atoms with Crippen molar-refractivity contribution in [1.82, 2.24) is 0 Å². The first-order valence-electron chi connectivity index (χ1n) is 1.57. The first-order chi connectivity index (χ1) is 4.00. The molecule has 0 fully saturated rings. The predicted octanol–water partition coefficient (Wildman–Crippen LogP) is -1.86. The molecule has 0 bridgehead atoms. The van der Waals surface area contributed by atoms with E-state index in [-0.39, 0.29) is 21.1 Å². The van der Waals surface area contributed by atoms with Crippen molar-refractivity contribution >= 4 is 15.6 Å². The third-order valence-electron chi connectivity index (χ3n) is 0. The van der Waals surface area contributed by atoms with Crippen LogP contribution in [0, 0.1) is 0 Å². The number of hydrogen-bond donors (Lipinski definition) is 6. The van der Waals surface area contributed by atoms with Crippen LogP contribution in [0.4, 0.5) is 0 Å².